The minimum Gasteiger partial charge on any atom is -0.371 e. The van der Waals surface area contributed by atoms with Crippen LogP contribution in [-0.4, -0.2) is 13.1 Å². The van der Waals surface area contributed by atoms with Crippen molar-refractivity contribution < 1.29 is 4.39 Å². The topological polar surface area (TPSA) is 3.24 Å². The molecule has 0 atom stereocenters. The molecule has 1 aromatic carbocycles. The van der Waals surface area contributed by atoms with Crippen LogP contribution >= 0.6 is 0 Å². The molecule has 1 aliphatic rings. The fourth-order valence-electron chi connectivity index (χ4n) is 1.67. The molecule has 0 aromatic heterocycles. The Labute approximate surface area is 78.2 Å². The molecule has 13 heavy (non-hydrogen) atoms. The molecule has 0 spiro atoms. The first kappa shape index (κ1) is 8.54. The van der Waals surface area contributed by atoms with Crippen molar-refractivity contribution in [2.24, 2.45) is 0 Å². The van der Waals surface area contributed by atoms with Gasteiger partial charge in [0.05, 0.1) is 0 Å². The minimum absolute atomic E-state index is 0.150. The highest BCUT2D eigenvalue weighted by molar-refractivity contribution is 5.47. The van der Waals surface area contributed by atoms with Crippen LogP contribution in [0.25, 0.3) is 0 Å². The summed E-state index contributed by atoms with van der Waals surface area (Å²) in [5.74, 6) is -0.150. The molecule has 1 heterocycles. The van der Waals surface area contributed by atoms with Gasteiger partial charge in [0.1, 0.15) is 5.82 Å². The largest absolute Gasteiger partial charge is 0.371 e. The van der Waals surface area contributed by atoms with Crippen molar-refractivity contribution in [3.05, 3.63) is 36.5 Å². The predicted molar refractivity (Wildman–Crippen MR) is 52.1 cm³/mol. The van der Waals surface area contributed by atoms with Gasteiger partial charge in [-0.25, -0.2) is 4.39 Å². The molecular formula is C11H13FN. The Kier molecular flexibility index (Phi) is 2.48. The van der Waals surface area contributed by atoms with Crippen molar-refractivity contribution in [2.75, 3.05) is 18.0 Å². The standard InChI is InChI=1S/C11H13FN/c12-10-5-4-6-11(9-10)13-7-2-1-3-8-13/h2,4-6,9H,1,3,7-8H2. The smallest absolute Gasteiger partial charge is 0.125 e. The monoisotopic (exact) mass is 178 g/mol. The Hall–Kier alpha value is -1.05. The summed E-state index contributed by atoms with van der Waals surface area (Å²) in [5, 5.41) is 0. The van der Waals surface area contributed by atoms with Crippen LogP contribution in [-0.2, 0) is 0 Å². The van der Waals surface area contributed by atoms with Crippen molar-refractivity contribution in [3.8, 4) is 0 Å². The summed E-state index contributed by atoms with van der Waals surface area (Å²) >= 11 is 0. The molecule has 0 saturated carbocycles. The number of hydrogen-bond donors (Lipinski definition) is 0. The van der Waals surface area contributed by atoms with Crippen LogP contribution in [0.2, 0.25) is 0 Å². The number of nitrogens with zero attached hydrogens (tertiary/aromatic N) is 1. The molecule has 0 amide bonds. The van der Waals surface area contributed by atoms with Crippen molar-refractivity contribution >= 4 is 5.69 Å². The maximum Gasteiger partial charge on any atom is 0.125 e. The minimum atomic E-state index is -0.150. The van der Waals surface area contributed by atoms with Crippen LogP contribution in [0.15, 0.2) is 24.3 Å². The Morgan fingerprint density at radius 3 is 2.92 bits per heavy atom. The van der Waals surface area contributed by atoms with Gasteiger partial charge in [-0.15, -0.1) is 0 Å². The molecule has 1 aromatic rings. The van der Waals surface area contributed by atoms with E-state index in [-0.39, 0.29) is 5.82 Å². The highest BCUT2D eigenvalue weighted by Crippen LogP contribution is 2.19. The molecular weight excluding hydrogens is 165 g/mol. The third kappa shape index (κ3) is 2.00. The fourth-order valence-corrected chi connectivity index (χ4v) is 1.67. The van der Waals surface area contributed by atoms with Gasteiger partial charge in [0.25, 0.3) is 0 Å². The van der Waals surface area contributed by atoms with E-state index in [0.717, 1.165) is 18.8 Å². The second-order valence-corrected chi connectivity index (χ2v) is 3.36. The molecule has 2 rings (SSSR count). The van der Waals surface area contributed by atoms with Crippen LogP contribution in [0.3, 0.4) is 0 Å². The Bertz CT molecular complexity index is 279. The van der Waals surface area contributed by atoms with E-state index < -0.39 is 0 Å². The molecule has 1 radical (unpaired) electrons. The number of benzene rings is 1. The van der Waals surface area contributed by atoms with E-state index in [9.17, 15) is 4.39 Å². The maximum atomic E-state index is 12.9. The summed E-state index contributed by atoms with van der Waals surface area (Å²) in [4.78, 5) is 2.20. The van der Waals surface area contributed by atoms with Crippen LogP contribution in [0.1, 0.15) is 12.8 Å². The van der Waals surface area contributed by atoms with Gasteiger partial charge < -0.3 is 4.90 Å². The van der Waals surface area contributed by atoms with Crippen LogP contribution < -0.4 is 4.90 Å². The van der Waals surface area contributed by atoms with Gasteiger partial charge in [-0.1, -0.05) is 6.07 Å². The predicted octanol–water partition coefficient (Wildman–Crippen LogP) is 2.63. The molecule has 1 saturated heterocycles. The highest BCUT2D eigenvalue weighted by atomic mass is 19.1. The van der Waals surface area contributed by atoms with Crippen molar-refractivity contribution in [1.29, 1.82) is 0 Å². The Balaban J connectivity index is 2.14. The normalized spacial score (nSPS) is 17.5. The van der Waals surface area contributed by atoms with Crippen molar-refractivity contribution in [3.63, 3.8) is 0 Å². The lowest BCUT2D eigenvalue weighted by molar-refractivity contribution is 0.623. The zero-order chi connectivity index (χ0) is 9.10. The molecule has 0 aliphatic carbocycles. The quantitative estimate of drug-likeness (QED) is 0.639. The van der Waals surface area contributed by atoms with Crippen molar-refractivity contribution in [2.45, 2.75) is 12.8 Å². The van der Waals surface area contributed by atoms with Gasteiger partial charge in [0.15, 0.2) is 0 Å². The Morgan fingerprint density at radius 1 is 1.31 bits per heavy atom. The van der Waals surface area contributed by atoms with Gasteiger partial charge in [-0.05, 0) is 37.5 Å². The number of anilines is 1. The first-order chi connectivity index (χ1) is 6.36. The third-order valence-electron chi connectivity index (χ3n) is 2.36. The summed E-state index contributed by atoms with van der Waals surface area (Å²) in [6.07, 6.45) is 4.61. The van der Waals surface area contributed by atoms with E-state index in [4.69, 9.17) is 0 Å². The first-order valence-corrected chi connectivity index (χ1v) is 4.68. The molecule has 69 valence electrons. The summed E-state index contributed by atoms with van der Waals surface area (Å²) in [6, 6.07) is 6.80. The van der Waals surface area contributed by atoms with Crippen LogP contribution in [0, 0.1) is 12.2 Å². The van der Waals surface area contributed by atoms with Gasteiger partial charge >= 0.3 is 0 Å². The molecule has 1 aliphatic heterocycles. The molecule has 0 N–H and O–H groups in total. The first-order valence-electron chi connectivity index (χ1n) is 4.68. The second-order valence-electron chi connectivity index (χ2n) is 3.36. The fraction of sp³-hybridized carbons (Fsp3) is 0.364. The zero-order valence-electron chi connectivity index (χ0n) is 7.54. The third-order valence-corrected chi connectivity index (χ3v) is 2.36. The number of halogens is 1. The maximum absolute atomic E-state index is 12.9. The summed E-state index contributed by atoms with van der Waals surface area (Å²) in [7, 11) is 0. The zero-order valence-corrected chi connectivity index (χ0v) is 7.54. The summed E-state index contributed by atoms with van der Waals surface area (Å²) in [5.41, 5.74) is 0.996. The number of rotatable bonds is 1. The highest BCUT2D eigenvalue weighted by Gasteiger charge is 2.10. The molecule has 1 nitrogen and oxygen atoms in total. The van der Waals surface area contributed by atoms with Crippen LogP contribution in [0.4, 0.5) is 10.1 Å². The van der Waals surface area contributed by atoms with E-state index in [0.29, 0.717) is 0 Å². The lowest BCUT2D eigenvalue weighted by Crippen LogP contribution is -2.29. The van der Waals surface area contributed by atoms with E-state index in [2.05, 4.69) is 11.3 Å². The number of hydrogen-bond acceptors (Lipinski definition) is 1. The van der Waals surface area contributed by atoms with E-state index in [1.807, 2.05) is 6.07 Å². The average Bonchev–Trinajstić information content (AvgIpc) is 2.19. The van der Waals surface area contributed by atoms with Gasteiger partial charge in [0, 0.05) is 18.8 Å². The molecule has 0 unspecified atom stereocenters. The Morgan fingerprint density at radius 2 is 2.23 bits per heavy atom. The molecule has 1 fully saturated rings. The average molecular weight is 178 g/mol. The van der Waals surface area contributed by atoms with Gasteiger partial charge in [-0.2, -0.15) is 0 Å². The van der Waals surface area contributed by atoms with Gasteiger partial charge in [-0.3, -0.25) is 0 Å². The molecule has 2 heteroatoms. The summed E-state index contributed by atoms with van der Waals surface area (Å²) < 4.78 is 12.9. The van der Waals surface area contributed by atoms with Crippen molar-refractivity contribution in [1.82, 2.24) is 0 Å². The second kappa shape index (κ2) is 3.77. The van der Waals surface area contributed by atoms with Gasteiger partial charge in [0.2, 0.25) is 0 Å². The van der Waals surface area contributed by atoms with E-state index >= 15 is 0 Å². The number of piperidine rings is 1. The SMILES string of the molecule is Fc1cccc(N2C[CH]CCC2)c1. The van der Waals surface area contributed by atoms with Crippen LogP contribution in [0.5, 0.6) is 0 Å². The summed E-state index contributed by atoms with van der Waals surface area (Å²) in [6.45, 7) is 1.99. The lowest BCUT2D eigenvalue weighted by atomic mass is 10.1. The van der Waals surface area contributed by atoms with E-state index in [1.54, 1.807) is 12.1 Å². The van der Waals surface area contributed by atoms with E-state index in [1.165, 1.54) is 18.9 Å². The lowest BCUT2D eigenvalue weighted by Gasteiger charge is -2.28. The molecule has 0 bridgehead atoms.